The van der Waals surface area contributed by atoms with E-state index in [1.54, 1.807) is 5.32 Å². The summed E-state index contributed by atoms with van der Waals surface area (Å²) in [4.78, 5) is 16.8. The molecule has 4 N–H and O–H groups in total. The van der Waals surface area contributed by atoms with Gasteiger partial charge < -0.3 is 25.0 Å². The van der Waals surface area contributed by atoms with E-state index in [0.717, 1.165) is 12.1 Å². The Morgan fingerprint density at radius 1 is 1.16 bits per heavy atom. The van der Waals surface area contributed by atoms with Crippen molar-refractivity contribution in [2.24, 2.45) is 12.5 Å². The molecule has 1 aromatic heterocycles. The number of aromatic nitrogens is 2. The topological polar surface area (TPSA) is 100 Å². The minimum atomic E-state index is -4.73. The number of aliphatic hydroxyl groups excluding tert-OH is 1. The quantitative estimate of drug-likeness (QED) is 0.142. The predicted octanol–water partition coefficient (Wildman–Crippen LogP) is 6.31. The van der Waals surface area contributed by atoms with Gasteiger partial charge >= 0.3 is 12.4 Å². The summed E-state index contributed by atoms with van der Waals surface area (Å²) in [6, 6.07) is 5.05. The van der Waals surface area contributed by atoms with Gasteiger partial charge in [-0.15, -0.1) is 0 Å². The second-order valence-corrected chi connectivity index (χ2v) is 10.6. The maximum atomic E-state index is 13.3. The molecule has 0 saturated heterocycles. The Bertz CT molecular complexity index is 1510. The van der Waals surface area contributed by atoms with Gasteiger partial charge in [0, 0.05) is 19.7 Å². The fourth-order valence-electron chi connectivity index (χ4n) is 4.26. The summed E-state index contributed by atoms with van der Waals surface area (Å²) in [6.45, 7) is -3.07. The van der Waals surface area contributed by atoms with Crippen LogP contribution in [0.3, 0.4) is 0 Å². The van der Waals surface area contributed by atoms with E-state index in [1.165, 1.54) is 23.7 Å². The lowest BCUT2D eigenvalue weighted by molar-refractivity contribution is -0.218. The number of halogens is 10. The molecule has 1 aliphatic rings. The molecule has 1 aliphatic carbocycles. The van der Waals surface area contributed by atoms with Crippen molar-refractivity contribution < 1.29 is 49.8 Å². The molecule has 236 valence electrons. The van der Waals surface area contributed by atoms with Gasteiger partial charge in [-0.25, -0.2) is 13.8 Å². The van der Waals surface area contributed by atoms with Crippen molar-refractivity contribution in [2.75, 3.05) is 18.5 Å². The maximum absolute atomic E-state index is 13.3. The van der Waals surface area contributed by atoms with E-state index < -0.39 is 60.8 Å². The molecule has 4 rings (SSSR count). The number of nitrogens with zero attached hydrogens (tertiary/aromatic N) is 2. The number of ether oxygens (including phenoxy) is 1. The Balaban J connectivity index is 1.62. The first-order valence-corrected chi connectivity index (χ1v) is 13.2. The smallest absolute Gasteiger partial charge is 0.405 e. The fourth-order valence-corrected chi connectivity index (χ4v) is 4.80. The summed E-state index contributed by atoms with van der Waals surface area (Å²) >= 11 is 12.8. The van der Waals surface area contributed by atoms with Crippen molar-refractivity contribution in [1.29, 1.82) is 0 Å². The average molecular weight is 664 g/mol. The van der Waals surface area contributed by atoms with Crippen LogP contribution in [0, 0.1) is 5.41 Å². The van der Waals surface area contributed by atoms with Crippen LogP contribution in [0.1, 0.15) is 28.8 Å². The molecule has 2 aromatic carbocycles. The molecule has 8 nitrogen and oxygen atoms in total. The van der Waals surface area contributed by atoms with Crippen LogP contribution < -0.4 is 20.7 Å². The van der Waals surface area contributed by atoms with E-state index in [1.807, 2.05) is 0 Å². The Hall–Kier alpha value is -3.08. The summed E-state index contributed by atoms with van der Waals surface area (Å²) in [6.07, 6.45) is -14.6. The summed E-state index contributed by atoms with van der Waals surface area (Å²) < 4.78 is 110. The maximum Gasteiger partial charge on any atom is 0.405 e. The van der Waals surface area contributed by atoms with E-state index in [4.69, 9.17) is 27.9 Å². The van der Waals surface area contributed by atoms with Crippen LogP contribution >= 0.6 is 23.2 Å². The highest BCUT2D eigenvalue weighted by molar-refractivity contribution is 6.39. The number of fused-ring (bicyclic) bond motifs is 1. The molecule has 1 saturated carbocycles. The standard InChI is InChI=1S/C25H23Cl2F8N5O3/c1-40-15-7-16(43-9-17(28)29)12(20(41)37-10-24(30,31)32)6-14(15)38-22(40)39-19-13(26)3-2-11(18(19)27)8-36-21(42)23(4-5-23)25(33,34)35/h2-3,6-7,17,21,36,42H,4-5,8-10H2,1H3,(H,37,41)(H,38,39). The first kappa shape index (κ1) is 32.8. The normalized spacial score (nSPS) is 15.6. The van der Waals surface area contributed by atoms with Gasteiger partial charge in [0.25, 0.3) is 12.3 Å². The number of nitrogens with one attached hydrogen (secondary N) is 3. The summed E-state index contributed by atoms with van der Waals surface area (Å²) in [5.41, 5.74) is -2.09. The molecule has 0 bridgehead atoms. The van der Waals surface area contributed by atoms with Crippen molar-refractivity contribution in [1.82, 2.24) is 20.2 Å². The number of rotatable bonds is 11. The molecule has 1 unspecified atom stereocenters. The number of carbonyl (C=O) groups is 1. The first-order chi connectivity index (χ1) is 19.9. The zero-order valence-electron chi connectivity index (χ0n) is 21.9. The summed E-state index contributed by atoms with van der Waals surface area (Å²) in [5, 5.41) is 17.2. The predicted molar refractivity (Wildman–Crippen MR) is 141 cm³/mol. The van der Waals surface area contributed by atoms with Gasteiger partial charge in [-0.05, 0) is 30.5 Å². The van der Waals surface area contributed by atoms with E-state index in [0.29, 0.717) is 0 Å². The molecule has 1 fully saturated rings. The van der Waals surface area contributed by atoms with Gasteiger partial charge in [0.05, 0.1) is 32.3 Å². The third-order valence-corrected chi connectivity index (χ3v) is 7.56. The Kier molecular flexibility index (Phi) is 9.26. The number of amides is 1. The number of aryl methyl sites for hydroxylation is 1. The van der Waals surface area contributed by atoms with Crippen molar-refractivity contribution in [3.63, 3.8) is 0 Å². The van der Waals surface area contributed by atoms with Crippen LogP contribution in [0.5, 0.6) is 5.75 Å². The number of alkyl halides is 8. The third-order valence-electron chi connectivity index (χ3n) is 6.81. The monoisotopic (exact) mass is 663 g/mol. The largest absolute Gasteiger partial charge is 0.487 e. The molecule has 0 aliphatic heterocycles. The SMILES string of the molecule is Cn1c(Nc2c(Cl)ccc(CNC(O)C3(C(F)(F)F)CC3)c2Cl)nc2cc(C(=O)NCC(F)(F)F)c(OCC(F)F)cc21. The van der Waals surface area contributed by atoms with Crippen LogP contribution in [0.2, 0.25) is 10.0 Å². The van der Waals surface area contributed by atoms with E-state index in [-0.39, 0.29) is 57.7 Å². The van der Waals surface area contributed by atoms with Crippen molar-refractivity contribution in [3.8, 4) is 5.75 Å². The van der Waals surface area contributed by atoms with Crippen LogP contribution in [-0.2, 0) is 13.6 Å². The Morgan fingerprint density at radius 3 is 2.42 bits per heavy atom. The Labute approximate surface area is 248 Å². The molecule has 1 amide bonds. The number of carbonyl (C=O) groups excluding carboxylic acids is 1. The lowest BCUT2D eigenvalue weighted by Gasteiger charge is -2.26. The summed E-state index contributed by atoms with van der Waals surface area (Å²) in [5.74, 6) is -1.63. The highest BCUT2D eigenvalue weighted by atomic mass is 35.5. The minimum Gasteiger partial charge on any atom is -0.487 e. The van der Waals surface area contributed by atoms with Gasteiger partial charge in [-0.1, -0.05) is 29.3 Å². The van der Waals surface area contributed by atoms with Gasteiger partial charge in [0.15, 0.2) is 0 Å². The van der Waals surface area contributed by atoms with E-state index in [2.05, 4.69) is 15.6 Å². The Morgan fingerprint density at radius 2 is 1.84 bits per heavy atom. The molecule has 43 heavy (non-hydrogen) atoms. The minimum absolute atomic E-state index is 0.0238. The van der Waals surface area contributed by atoms with E-state index >= 15 is 0 Å². The van der Waals surface area contributed by atoms with Crippen LogP contribution in [0.15, 0.2) is 24.3 Å². The first-order valence-electron chi connectivity index (χ1n) is 12.4. The third kappa shape index (κ3) is 7.19. The van der Waals surface area contributed by atoms with Crippen LogP contribution in [0.25, 0.3) is 11.0 Å². The number of hydrogen-bond donors (Lipinski definition) is 4. The van der Waals surface area contributed by atoms with Gasteiger partial charge in [0.1, 0.15) is 30.5 Å². The fraction of sp³-hybridized carbons (Fsp3) is 0.440. The molecule has 1 atom stereocenters. The molecule has 0 spiro atoms. The lowest BCUT2D eigenvalue weighted by atomic mass is 10.0. The molecule has 0 radical (unpaired) electrons. The zero-order valence-corrected chi connectivity index (χ0v) is 23.4. The second kappa shape index (κ2) is 12.1. The van der Waals surface area contributed by atoms with Crippen molar-refractivity contribution in [3.05, 3.63) is 45.4 Å². The van der Waals surface area contributed by atoms with Gasteiger partial charge in [-0.3, -0.25) is 10.1 Å². The number of anilines is 2. The highest BCUT2D eigenvalue weighted by Crippen LogP contribution is 2.59. The molecular formula is C25H23Cl2F8N5O3. The lowest BCUT2D eigenvalue weighted by Crippen LogP contribution is -2.45. The number of benzene rings is 2. The number of aliphatic hydroxyl groups is 1. The van der Waals surface area contributed by atoms with Crippen LogP contribution in [-0.4, -0.2) is 58.7 Å². The highest BCUT2D eigenvalue weighted by Gasteiger charge is 2.67. The van der Waals surface area contributed by atoms with E-state index in [9.17, 15) is 45.0 Å². The molecular weight excluding hydrogens is 641 g/mol. The van der Waals surface area contributed by atoms with Gasteiger partial charge in [-0.2, -0.15) is 26.3 Å². The summed E-state index contributed by atoms with van der Waals surface area (Å²) in [7, 11) is 1.48. The van der Waals surface area contributed by atoms with Crippen molar-refractivity contribution in [2.45, 2.75) is 44.4 Å². The molecule has 1 heterocycles. The average Bonchev–Trinajstić information content (AvgIpc) is 3.68. The number of imidazole rings is 1. The van der Waals surface area contributed by atoms with Crippen molar-refractivity contribution >= 4 is 51.8 Å². The van der Waals surface area contributed by atoms with Gasteiger partial charge in [0.2, 0.25) is 5.95 Å². The zero-order chi connectivity index (χ0) is 31.9. The molecule has 18 heteroatoms. The second-order valence-electron chi connectivity index (χ2n) is 9.79. The number of hydrogen-bond acceptors (Lipinski definition) is 6. The molecule has 3 aromatic rings. The van der Waals surface area contributed by atoms with Crippen LogP contribution in [0.4, 0.5) is 46.8 Å².